The van der Waals surface area contributed by atoms with Crippen molar-refractivity contribution in [2.45, 2.75) is 32.2 Å². The second-order valence-electron chi connectivity index (χ2n) is 5.11. The summed E-state index contributed by atoms with van der Waals surface area (Å²) in [6, 6.07) is 11.3. The third-order valence-electron chi connectivity index (χ3n) is 3.52. The van der Waals surface area contributed by atoms with Crippen molar-refractivity contribution < 1.29 is 0 Å². The lowest BCUT2D eigenvalue weighted by molar-refractivity contribution is 0.463. The summed E-state index contributed by atoms with van der Waals surface area (Å²) in [6.45, 7) is 4.50. The van der Waals surface area contributed by atoms with Crippen molar-refractivity contribution in [1.82, 2.24) is 5.32 Å². The number of nitrogens with one attached hydrogen (secondary N) is 1. The number of anilines is 1. The van der Waals surface area contributed by atoms with Crippen LogP contribution in [-0.2, 0) is 0 Å². The zero-order valence-corrected chi connectivity index (χ0v) is 11.0. The summed E-state index contributed by atoms with van der Waals surface area (Å²) in [5.41, 5.74) is 1.32. The standard InChI is InChI=1S/C15H24N2/c1-3-11-16-15(13-9-10-13)12-17(2)14-7-5-4-6-8-14/h4-8,13,15-16H,3,9-12H2,1-2H3. The molecule has 1 N–H and O–H groups in total. The first-order valence-corrected chi connectivity index (χ1v) is 6.81. The number of hydrogen-bond donors (Lipinski definition) is 1. The van der Waals surface area contributed by atoms with Gasteiger partial charge in [0.15, 0.2) is 0 Å². The van der Waals surface area contributed by atoms with E-state index in [-0.39, 0.29) is 0 Å². The van der Waals surface area contributed by atoms with Crippen LogP contribution in [0.2, 0.25) is 0 Å². The van der Waals surface area contributed by atoms with Crippen molar-refractivity contribution in [3.05, 3.63) is 30.3 Å². The Morgan fingerprint density at radius 2 is 2.00 bits per heavy atom. The zero-order chi connectivity index (χ0) is 12.1. The molecule has 0 aliphatic heterocycles. The molecular formula is C15H24N2. The predicted octanol–water partition coefficient (Wildman–Crippen LogP) is 2.90. The summed E-state index contributed by atoms with van der Waals surface area (Å²) >= 11 is 0. The minimum Gasteiger partial charge on any atom is -0.373 e. The summed E-state index contributed by atoms with van der Waals surface area (Å²) in [6.07, 6.45) is 4.03. The molecule has 1 fully saturated rings. The van der Waals surface area contributed by atoms with Crippen molar-refractivity contribution >= 4 is 5.69 Å². The first kappa shape index (κ1) is 12.4. The molecule has 0 bridgehead atoms. The Hall–Kier alpha value is -1.02. The number of hydrogen-bond acceptors (Lipinski definition) is 2. The van der Waals surface area contributed by atoms with E-state index in [1.54, 1.807) is 0 Å². The summed E-state index contributed by atoms with van der Waals surface area (Å²) in [5.74, 6) is 0.910. The van der Waals surface area contributed by atoms with Crippen molar-refractivity contribution in [2.75, 3.05) is 25.0 Å². The van der Waals surface area contributed by atoms with E-state index in [1.807, 2.05) is 0 Å². The third-order valence-corrected chi connectivity index (χ3v) is 3.52. The maximum atomic E-state index is 3.69. The lowest BCUT2D eigenvalue weighted by Gasteiger charge is -2.26. The van der Waals surface area contributed by atoms with Crippen LogP contribution in [0.3, 0.4) is 0 Å². The Labute approximate surface area is 105 Å². The van der Waals surface area contributed by atoms with Crippen LogP contribution in [-0.4, -0.2) is 26.2 Å². The molecule has 2 rings (SSSR count). The first-order valence-electron chi connectivity index (χ1n) is 6.81. The van der Waals surface area contributed by atoms with Crippen molar-refractivity contribution in [3.8, 4) is 0 Å². The van der Waals surface area contributed by atoms with Gasteiger partial charge in [0.25, 0.3) is 0 Å². The number of likely N-dealkylation sites (N-methyl/N-ethyl adjacent to an activating group) is 1. The van der Waals surface area contributed by atoms with Crippen LogP contribution in [0.15, 0.2) is 30.3 Å². The fourth-order valence-electron chi connectivity index (χ4n) is 2.29. The highest BCUT2D eigenvalue weighted by atomic mass is 15.1. The molecule has 1 aromatic carbocycles. The van der Waals surface area contributed by atoms with Gasteiger partial charge in [-0.1, -0.05) is 25.1 Å². The minimum atomic E-state index is 0.667. The van der Waals surface area contributed by atoms with Gasteiger partial charge in [0, 0.05) is 25.3 Å². The number of nitrogens with zero attached hydrogens (tertiary/aromatic N) is 1. The highest BCUT2D eigenvalue weighted by Gasteiger charge is 2.31. The predicted molar refractivity (Wildman–Crippen MR) is 74.5 cm³/mol. The topological polar surface area (TPSA) is 15.3 Å². The minimum absolute atomic E-state index is 0.667. The summed E-state index contributed by atoms with van der Waals surface area (Å²) in [5, 5.41) is 3.69. The van der Waals surface area contributed by atoms with E-state index in [0.29, 0.717) is 6.04 Å². The average Bonchev–Trinajstić information content (AvgIpc) is 3.19. The van der Waals surface area contributed by atoms with Crippen LogP contribution in [0.1, 0.15) is 26.2 Å². The normalized spacial score (nSPS) is 16.8. The molecule has 0 saturated heterocycles. The Bertz CT molecular complexity index is 319. The van der Waals surface area contributed by atoms with Gasteiger partial charge in [-0.15, -0.1) is 0 Å². The van der Waals surface area contributed by atoms with E-state index in [2.05, 4.69) is 54.5 Å². The Kier molecular flexibility index (Phi) is 4.43. The van der Waals surface area contributed by atoms with E-state index in [0.717, 1.165) is 19.0 Å². The lowest BCUT2D eigenvalue weighted by atomic mass is 10.1. The van der Waals surface area contributed by atoms with Crippen LogP contribution < -0.4 is 10.2 Å². The molecule has 0 aromatic heterocycles. The molecule has 0 radical (unpaired) electrons. The van der Waals surface area contributed by atoms with Crippen LogP contribution in [0.25, 0.3) is 0 Å². The second-order valence-corrected chi connectivity index (χ2v) is 5.11. The van der Waals surface area contributed by atoms with E-state index >= 15 is 0 Å². The molecule has 1 unspecified atom stereocenters. The molecule has 17 heavy (non-hydrogen) atoms. The quantitative estimate of drug-likeness (QED) is 0.777. The van der Waals surface area contributed by atoms with Gasteiger partial charge in [-0.2, -0.15) is 0 Å². The Morgan fingerprint density at radius 3 is 2.59 bits per heavy atom. The van der Waals surface area contributed by atoms with Crippen molar-refractivity contribution in [3.63, 3.8) is 0 Å². The maximum Gasteiger partial charge on any atom is 0.0364 e. The van der Waals surface area contributed by atoms with Gasteiger partial charge in [0.1, 0.15) is 0 Å². The number of rotatable bonds is 7. The van der Waals surface area contributed by atoms with E-state index in [1.165, 1.54) is 24.9 Å². The number of para-hydroxylation sites is 1. The van der Waals surface area contributed by atoms with Gasteiger partial charge in [-0.25, -0.2) is 0 Å². The molecule has 2 nitrogen and oxygen atoms in total. The Morgan fingerprint density at radius 1 is 1.29 bits per heavy atom. The lowest BCUT2D eigenvalue weighted by Crippen LogP contribution is -2.41. The van der Waals surface area contributed by atoms with Crippen molar-refractivity contribution in [2.24, 2.45) is 5.92 Å². The highest BCUT2D eigenvalue weighted by Crippen LogP contribution is 2.33. The fraction of sp³-hybridized carbons (Fsp3) is 0.600. The number of benzene rings is 1. The summed E-state index contributed by atoms with van der Waals surface area (Å²) in [7, 11) is 2.19. The second kappa shape index (κ2) is 6.06. The van der Waals surface area contributed by atoms with Gasteiger partial charge < -0.3 is 10.2 Å². The summed E-state index contributed by atoms with van der Waals surface area (Å²) < 4.78 is 0. The Balaban J connectivity index is 1.88. The van der Waals surface area contributed by atoms with Gasteiger partial charge in [-0.3, -0.25) is 0 Å². The van der Waals surface area contributed by atoms with Crippen molar-refractivity contribution in [1.29, 1.82) is 0 Å². The van der Waals surface area contributed by atoms with E-state index in [9.17, 15) is 0 Å². The maximum absolute atomic E-state index is 3.69. The van der Waals surface area contributed by atoms with Crippen LogP contribution in [0.4, 0.5) is 5.69 Å². The molecule has 1 aliphatic carbocycles. The molecule has 1 saturated carbocycles. The van der Waals surface area contributed by atoms with Crippen LogP contribution in [0.5, 0.6) is 0 Å². The average molecular weight is 232 g/mol. The monoisotopic (exact) mass is 232 g/mol. The molecule has 1 atom stereocenters. The molecule has 0 spiro atoms. The SMILES string of the molecule is CCCNC(CN(C)c1ccccc1)C1CC1. The largest absolute Gasteiger partial charge is 0.373 e. The molecule has 1 aliphatic rings. The van der Waals surface area contributed by atoms with Gasteiger partial charge >= 0.3 is 0 Å². The smallest absolute Gasteiger partial charge is 0.0364 e. The molecule has 0 heterocycles. The van der Waals surface area contributed by atoms with Gasteiger partial charge in [0.05, 0.1) is 0 Å². The van der Waals surface area contributed by atoms with Gasteiger partial charge in [0.2, 0.25) is 0 Å². The van der Waals surface area contributed by atoms with Crippen LogP contribution in [0, 0.1) is 5.92 Å². The van der Waals surface area contributed by atoms with E-state index in [4.69, 9.17) is 0 Å². The van der Waals surface area contributed by atoms with E-state index < -0.39 is 0 Å². The highest BCUT2D eigenvalue weighted by molar-refractivity contribution is 5.45. The van der Waals surface area contributed by atoms with Gasteiger partial charge in [-0.05, 0) is 43.9 Å². The molecule has 94 valence electrons. The third kappa shape index (κ3) is 3.74. The molecule has 1 aromatic rings. The first-order chi connectivity index (χ1) is 8.31. The van der Waals surface area contributed by atoms with Crippen LogP contribution >= 0.6 is 0 Å². The zero-order valence-electron chi connectivity index (χ0n) is 11.0. The molecule has 2 heteroatoms. The fourth-order valence-corrected chi connectivity index (χ4v) is 2.29. The molecule has 0 amide bonds. The molecular weight excluding hydrogens is 208 g/mol. The summed E-state index contributed by atoms with van der Waals surface area (Å²) in [4.78, 5) is 2.37.